The van der Waals surface area contributed by atoms with Gasteiger partial charge in [-0.15, -0.1) is 0 Å². The zero-order valence-corrected chi connectivity index (χ0v) is 9.54. The van der Waals surface area contributed by atoms with Gasteiger partial charge >= 0.3 is 5.97 Å². The van der Waals surface area contributed by atoms with E-state index in [0.717, 1.165) is 5.56 Å². The first-order chi connectivity index (χ1) is 8.22. The van der Waals surface area contributed by atoms with Crippen LogP contribution in [0.1, 0.15) is 16.1 Å². The van der Waals surface area contributed by atoms with E-state index in [4.69, 9.17) is 0 Å². The summed E-state index contributed by atoms with van der Waals surface area (Å²) >= 11 is 0. The molecule has 0 aliphatic rings. The molecule has 0 unspecified atom stereocenters. The number of aryl methyl sites for hydroxylation is 1. The number of aromatic nitrogens is 3. The summed E-state index contributed by atoms with van der Waals surface area (Å²) in [7, 11) is 1.33. The largest absolute Gasteiger partial charge is 0.465 e. The van der Waals surface area contributed by atoms with Gasteiger partial charge in [0.15, 0.2) is 5.82 Å². The molecule has 0 saturated heterocycles. The van der Waals surface area contributed by atoms with E-state index in [-0.39, 0.29) is 0 Å². The van der Waals surface area contributed by atoms with Gasteiger partial charge in [-0.3, -0.25) is 4.98 Å². The van der Waals surface area contributed by atoms with Crippen LogP contribution in [-0.2, 0) is 4.74 Å². The summed E-state index contributed by atoms with van der Waals surface area (Å²) in [5, 5.41) is 0. The summed E-state index contributed by atoms with van der Waals surface area (Å²) in [5.41, 5.74) is 1.78. The first-order valence-corrected chi connectivity index (χ1v) is 5.04. The number of hydrogen-bond donors (Lipinski definition) is 0. The first kappa shape index (κ1) is 11.2. The summed E-state index contributed by atoms with van der Waals surface area (Å²) in [6.07, 6.45) is 4.82. The minimum Gasteiger partial charge on any atom is -0.465 e. The quantitative estimate of drug-likeness (QED) is 0.732. The fourth-order valence-electron chi connectivity index (χ4n) is 1.41. The van der Waals surface area contributed by atoms with Crippen molar-refractivity contribution in [2.75, 3.05) is 7.11 Å². The van der Waals surface area contributed by atoms with Gasteiger partial charge < -0.3 is 4.74 Å². The van der Waals surface area contributed by atoms with Crippen molar-refractivity contribution in [1.29, 1.82) is 0 Å². The maximum Gasteiger partial charge on any atom is 0.341 e. The van der Waals surface area contributed by atoms with Crippen molar-refractivity contribution in [3.63, 3.8) is 0 Å². The zero-order valence-electron chi connectivity index (χ0n) is 9.54. The Bertz CT molecular complexity index is 541. The van der Waals surface area contributed by atoms with Gasteiger partial charge in [0.2, 0.25) is 0 Å². The Morgan fingerprint density at radius 2 is 2.18 bits per heavy atom. The molecule has 2 rings (SSSR count). The fraction of sp³-hybridized carbons (Fsp3) is 0.167. The normalized spacial score (nSPS) is 10.0. The van der Waals surface area contributed by atoms with E-state index < -0.39 is 5.97 Å². The number of carbonyl (C=O) groups is 1. The Hall–Kier alpha value is -2.30. The standard InChI is InChI=1S/C12H11N3O2/c1-8-10(12(16)17-2)7-14-11(15-8)9-4-3-5-13-6-9/h3-7H,1-2H3. The minimum atomic E-state index is -0.430. The number of pyridine rings is 1. The van der Waals surface area contributed by atoms with Crippen LogP contribution in [-0.4, -0.2) is 28.0 Å². The van der Waals surface area contributed by atoms with E-state index in [1.54, 1.807) is 19.3 Å². The number of methoxy groups -OCH3 is 1. The molecular weight excluding hydrogens is 218 g/mol. The van der Waals surface area contributed by atoms with Crippen LogP contribution in [0.3, 0.4) is 0 Å². The Morgan fingerprint density at radius 3 is 2.76 bits per heavy atom. The molecule has 0 saturated carbocycles. The van der Waals surface area contributed by atoms with Crippen molar-refractivity contribution < 1.29 is 9.53 Å². The molecule has 2 aromatic rings. The molecule has 2 aromatic heterocycles. The smallest absolute Gasteiger partial charge is 0.341 e. The van der Waals surface area contributed by atoms with Crippen LogP contribution >= 0.6 is 0 Å². The summed E-state index contributed by atoms with van der Waals surface area (Å²) in [5.74, 6) is 0.114. The Balaban J connectivity index is 2.41. The van der Waals surface area contributed by atoms with Gasteiger partial charge in [0, 0.05) is 24.2 Å². The molecule has 0 spiro atoms. The molecule has 0 bridgehead atoms. The van der Waals surface area contributed by atoms with Crippen molar-refractivity contribution in [1.82, 2.24) is 15.0 Å². The molecule has 0 amide bonds. The minimum absolute atomic E-state index is 0.375. The SMILES string of the molecule is COC(=O)c1cnc(-c2cccnc2)nc1C. The molecule has 0 aliphatic heterocycles. The molecule has 5 nitrogen and oxygen atoms in total. The molecule has 0 fully saturated rings. The Kier molecular flexibility index (Phi) is 3.09. The van der Waals surface area contributed by atoms with Gasteiger partial charge in [-0.05, 0) is 19.1 Å². The summed E-state index contributed by atoms with van der Waals surface area (Å²) in [6, 6.07) is 3.67. The molecule has 86 valence electrons. The predicted molar refractivity (Wildman–Crippen MR) is 61.3 cm³/mol. The molecule has 0 N–H and O–H groups in total. The van der Waals surface area contributed by atoms with E-state index in [1.807, 2.05) is 12.1 Å². The lowest BCUT2D eigenvalue weighted by molar-refractivity contribution is 0.0599. The topological polar surface area (TPSA) is 65.0 Å². The molecule has 17 heavy (non-hydrogen) atoms. The Labute approximate surface area is 98.5 Å². The maximum atomic E-state index is 11.4. The summed E-state index contributed by atoms with van der Waals surface area (Å²) < 4.78 is 4.63. The first-order valence-electron chi connectivity index (χ1n) is 5.04. The third kappa shape index (κ3) is 2.28. The average Bonchev–Trinajstić information content (AvgIpc) is 2.39. The van der Waals surface area contributed by atoms with Crippen molar-refractivity contribution in [2.24, 2.45) is 0 Å². The van der Waals surface area contributed by atoms with Gasteiger partial charge in [0.05, 0.1) is 18.4 Å². The van der Waals surface area contributed by atoms with Crippen LogP contribution in [0.25, 0.3) is 11.4 Å². The third-order valence-electron chi connectivity index (χ3n) is 2.30. The van der Waals surface area contributed by atoms with Crippen molar-refractivity contribution in [3.8, 4) is 11.4 Å². The summed E-state index contributed by atoms with van der Waals surface area (Å²) in [4.78, 5) is 23.7. The van der Waals surface area contributed by atoms with Gasteiger partial charge in [-0.2, -0.15) is 0 Å². The molecule has 0 aromatic carbocycles. The molecule has 0 radical (unpaired) electrons. The number of ether oxygens (including phenoxy) is 1. The van der Waals surface area contributed by atoms with Crippen LogP contribution in [0.5, 0.6) is 0 Å². The number of rotatable bonds is 2. The van der Waals surface area contributed by atoms with Gasteiger partial charge in [0.25, 0.3) is 0 Å². The second-order valence-corrected chi connectivity index (χ2v) is 3.43. The Morgan fingerprint density at radius 1 is 1.35 bits per heavy atom. The number of nitrogens with zero attached hydrogens (tertiary/aromatic N) is 3. The highest BCUT2D eigenvalue weighted by Crippen LogP contribution is 2.14. The zero-order chi connectivity index (χ0) is 12.3. The lowest BCUT2D eigenvalue weighted by Crippen LogP contribution is -2.07. The van der Waals surface area contributed by atoms with Gasteiger partial charge in [0.1, 0.15) is 0 Å². The van der Waals surface area contributed by atoms with Crippen LogP contribution in [0.4, 0.5) is 0 Å². The highest BCUT2D eigenvalue weighted by Gasteiger charge is 2.12. The van der Waals surface area contributed by atoms with Crippen LogP contribution in [0, 0.1) is 6.92 Å². The van der Waals surface area contributed by atoms with Crippen LogP contribution in [0.2, 0.25) is 0 Å². The van der Waals surface area contributed by atoms with Gasteiger partial charge in [-0.1, -0.05) is 0 Å². The van der Waals surface area contributed by atoms with Crippen LogP contribution in [0.15, 0.2) is 30.7 Å². The molecule has 2 heterocycles. The number of carbonyl (C=O) groups excluding carboxylic acids is 1. The summed E-state index contributed by atoms with van der Waals surface area (Å²) in [6.45, 7) is 1.74. The van der Waals surface area contributed by atoms with E-state index >= 15 is 0 Å². The van der Waals surface area contributed by atoms with Crippen LogP contribution < -0.4 is 0 Å². The lowest BCUT2D eigenvalue weighted by atomic mass is 10.2. The molecule has 5 heteroatoms. The van der Waals surface area contributed by atoms with Crippen molar-refractivity contribution in [2.45, 2.75) is 6.92 Å². The van der Waals surface area contributed by atoms with Crippen molar-refractivity contribution in [3.05, 3.63) is 42.0 Å². The monoisotopic (exact) mass is 229 g/mol. The van der Waals surface area contributed by atoms with Crippen molar-refractivity contribution >= 4 is 5.97 Å². The highest BCUT2D eigenvalue weighted by molar-refractivity contribution is 5.90. The fourth-order valence-corrected chi connectivity index (χ4v) is 1.41. The van der Waals surface area contributed by atoms with E-state index in [0.29, 0.717) is 17.1 Å². The molecule has 0 aliphatic carbocycles. The second-order valence-electron chi connectivity index (χ2n) is 3.43. The maximum absolute atomic E-state index is 11.4. The van der Waals surface area contributed by atoms with E-state index in [2.05, 4.69) is 19.7 Å². The molecular formula is C12H11N3O2. The highest BCUT2D eigenvalue weighted by atomic mass is 16.5. The average molecular weight is 229 g/mol. The van der Waals surface area contributed by atoms with E-state index in [9.17, 15) is 4.79 Å². The predicted octanol–water partition coefficient (Wildman–Crippen LogP) is 1.63. The number of hydrogen-bond acceptors (Lipinski definition) is 5. The molecule has 0 atom stereocenters. The van der Waals surface area contributed by atoms with E-state index in [1.165, 1.54) is 13.3 Å². The number of esters is 1. The lowest BCUT2D eigenvalue weighted by Gasteiger charge is -2.04. The third-order valence-corrected chi connectivity index (χ3v) is 2.30. The second kappa shape index (κ2) is 4.69. The van der Waals surface area contributed by atoms with Gasteiger partial charge in [-0.25, -0.2) is 14.8 Å².